The molecule has 1 aromatic carbocycles. The molecule has 1 aliphatic rings. The molecule has 1 amide bonds. The summed E-state index contributed by atoms with van der Waals surface area (Å²) in [5.74, 6) is 0.122. The maximum absolute atomic E-state index is 13.0. The van der Waals surface area contributed by atoms with Crippen molar-refractivity contribution in [1.82, 2.24) is 14.1 Å². The number of carbonyl (C=O) groups excluding carboxylic acids is 1. The summed E-state index contributed by atoms with van der Waals surface area (Å²) in [6.07, 6.45) is 0. The Bertz CT molecular complexity index is 1260. The number of anilines is 1. The lowest BCUT2D eigenvalue weighted by Gasteiger charge is -2.26. The first-order chi connectivity index (χ1) is 15.2. The topological polar surface area (TPSA) is 93.5 Å². The first-order valence-corrected chi connectivity index (χ1v) is 13.0. The van der Waals surface area contributed by atoms with Crippen LogP contribution in [0.25, 0.3) is 10.2 Å². The van der Waals surface area contributed by atoms with Gasteiger partial charge in [-0.3, -0.25) is 9.48 Å². The molecule has 0 saturated carbocycles. The maximum Gasteiger partial charge on any atom is 0.265 e. The number of morpholine rings is 1. The van der Waals surface area contributed by atoms with E-state index in [9.17, 15) is 13.2 Å². The molecule has 1 aliphatic heterocycles. The molecule has 0 spiro atoms. The highest BCUT2D eigenvalue weighted by Crippen LogP contribution is 2.31. The minimum atomic E-state index is -3.79. The van der Waals surface area contributed by atoms with E-state index in [1.54, 1.807) is 6.07 Å². The molecule has 1 N–H and O–H groups in total. The molecule has 8 nitrogen and oxygen atoms in total. The van der Waals surface area contributed by atoms with Crippen LogP contribution in [0.5, 0.6) is 0 Å². The molecule has 1 fully saturated rings. The third-order valence-electron chi connectivity index (χ3n) is 5.15. The van der Waals surface area contributed by atoms with Crippen molar-refractivity contribution in [3.8, 4) is 0 Å². The molecule has 4 rings (SSSR count). The highest BCUT2D eigenvalue weighted by atomic mass is 35.5. The van der Waals surface area contributed by atoms with Crippen molar-refractivity contribution >= 4 is 54.8 Å². The molecule has 0 atom stereocenters. The van der Waals surface area contributed by atoms with Crippen molar-refractivity contribution in [3.63, 3.8) is 0 Å². The van der Waals surface area contributed by atoms with Gasteiger partial charge in [-0.15, -0.1) is 11.3 Å². The molecule has 0 aliphatic carbocycles. The number of nitrogens with zero attached hydrogens (tertiary/aromatic N) is 3. The molecule has 172 valence electrons. The summed E-state index contributed by atoms with van der Waals surface area (Å²) in [6, 6.07) is 6.32. The van der Waals surface area contributed by atoms with E-state index in [4.69, 9.17) is 16.3 Å². The van der Waals surface area contributed by atoms with Gasteiger partial charge in [0, 0.05) is 30.7 Å². The van der Waals surface area contributed by atoms with Crippen LogP contribution in [-0.2, 0) is 21.3 Å². The van der Waals surface area contributed by atoms with Crippen LogP contribution < -0.4 is 5.32 Å². The van der Waals surface area contributed by atoms with Crippen molar-refractivity contribution in [2.45, 2.75) is 32.2 Å². The van der Waals surface area contributed by atoms with E-state index in [-0.39, 0.29) is 28.9 Å². The van der Waals surface area contributed by atoms with E-state index in [0.29, 0.717) is 29.7 Å². The fourth-order valence-electron chi connectivity index (χ4n) is 3.59. The van der Waals surface area contributed by atoms with Crippen LogP contribution in [0.1, 0.15) is 29.2 Å². The van der Waals surface area contributed by atoms with E-state index < -0.39 is 10.0 Å². The van der Waals surface area contributed by atoms with Crippen LogP contribution in [0.15, 0.2) is 29.2 Å². The second-order valence-corrected chi connectivity index (χ2v) is 11.5. The Morgan fingerprint density at radius 3 is 2.69 bits per heavy atom. The number of benzene rings is 1. The van der Waals surface area contributed by atoms with Crippen LogP contribution >= 0.6 is 22.9 Å². The zero-order valence-electron chi connectivity index (χ0n) is 18.1. The van der Waals surface area contributed by atoms with Gasteiger partial charge in [0.1, 0.15) is 9.73 Å². The standard InChI is InChI=1S/C21H25ClN4O4S2/c1-13(2)12-26-21-16(14(3)24-26)11-18(31-21)20(27)23-15-4-5-17(22)19(10-15)32(28,29)25-6-8-30-9-7-25/h4-5,10-11,13H,6-9,12H2,1-3H3,(H,23,27). The molecular weight excluding hydrogens is 472 g/mol. The van der Waals surface area contributed by atoms with Gasteiger partial charge in [0.25, 0.3) is 5.91 Å². The zero-order chi connectivity index (χ0) is 23.0. The number of thiophene rings is 1. The lowest BCUT2D eigenvalue weighted by molar-refractivity contribution is 0.0730. The summed E-state index contributed by atoms with van der Waals surface area (Å²) in [7, 11) is -3.79. The number of amides is 1. The van der Waals surface area contributed by atoms with E-state index in [1.165, 1.54) is 27.8 Å². The van der Waals surface area contributed by atoms with Gasteiger partial charge < -0.3 is 10.1 Å². The number of sulfonamides is 1. The van der Waals surface area contributed by atoms with Crippen LogP contribution in [0, 0.1) is 12.8 Å². The Morgan fingerprint density at radius 1 is 1.28 bits per heavy atom. The van der Waals surface area contributed by atoms with Crippen LogP contribution in [0.2, 0.25) is 5.02 Å². The molecule has 0 unspecified atom stereocenters. The first-order valence-electron chi connectivity index (χ1n) is 10.3. The van der Waals surface area contributed by atoms with Crippen molar-refractivity contribution in [2.24, 2.45) is 5.92 Å². The van der Waals surface area contributed by atoms with E-state index >= 15 is 0 Å². The van der Waals surface area contributed by atoms with Gasteiger partial charge in [-0.25, -0.2) is 8.42 Å². The number of aryl methyl sites for hydroxylation is 1. The average molecular weight is 497 g/mol. The Labute approximate surface area is 196 Å². The van der Waals surface area contributed by atoms with Crippen LogP contribution in [0.4, 0.5) is 5.69 Å². The van der Waals surface area contributed by atoms with E-state index in [0.717, 1.165) is 22.5 Å². The van der Waals surface area contributed by atoms with Gasteiger partial charge in [-0.2, -0.15) is 9.40 Å². The Kier molecular flexibility index (Phi) is 6.60. The van der Waals surface area contributed by atoms with Gasteiger partial charge in [-0.1, -0.05) is 25.4 Å². The minimum absolute atomic E-state index is 0.0290. The quantitative estimate of drug-likeness (QED) is 0.557. The molecule has 2 aromatic heterocycles. The lowest BCUT2D eigenvalue weighted by atomic mass is 10.2. The van der Waals surface area contributed by atoms with Crippen molar-refractivity contribution in [1.29, 1.82) is 0 Å². The molecule has 11 heteroatoms. The van der Waals surface area contributed by atoms with Gasteiger partial charge in [0.15, 0.2) is 0 Å². The monoisotopic (exact) mass is 496 g/mol. The van der Waals surface area contributed by atoms with Gasteiger partial charge in [-0.05, 0) is 37.1 Å². The average Bonchev–Trinajstić information content (AvgIpc) is 3.31. The Morgan fingerprint density at radius 2 is 2.00 bits per heavy atom. The number of hydrogen-bond donors (Lipinski definition) is 1. The lowest BCUT2D eigenvalue weighted by Crippen LogP contribution is -2.40. The van der Waals surface area contributed by atoms with Crippen LogP contribution in [-0.4, -0.2) is 54.7 Å². The van der Waals surface area contributed by atoms with Crippen molar-refractivity contribution < 1.29 is 17.9 Å². The largest absolute Gasteiger partial charge is 0.379 e. The maximum atomic E-state index is 13.0. The molecule has 3 aromatic rings. The predicted octanol–water partition coefficient (Wildman–Crippen LogP) is 3.99. The summed E-state index contributed by atoms with van der Waals surface area (Å²) in [5, 5.41) is 8.44. The van der Waals surface area contributed by atoms with Crippen molar-refractivity contribution in [3.05, 3.63) is 39.9 Å². The number of fused-ring (bicyclic) bond motifs is 1. The van der Waals surface area contributed by atoms with E-state index in [1.807, 2.05) is 17.7 Å². The molecule has 32 heavy (non-hydrogen) atoms. The summed E-state index contributed by atoms with van der Waals surface area (Å²) >= 11 is 7.58. The summed E-state index contributed by atoms with van der Waals surface area (Å²) < 4.78 is 34.6. The number of hydrogen-bond acceptors (Lipinski definition) is 6. The molecule has 3 heterocycles. The second-order valence-electron chi connectivity index (χ2n) is 8.11. The number of halogens is 1. The number of nitrogens with one attached hydrogen (secondary N) is 1. The fourth-order valence-corrected chi connectivity index (χ4v) is 6.57. The minimum Gasteiger partial charge on any atom is -0.379 e. The normalized spacial score (nSPS) is 15.5. The summed E-state index contributed by atoms with van der Waals surface area (Å²) in [4.78, 5) is 14.4. The zero-order valence-corrected chi connectivity index (χ0v) is 20.5. The van der Waals surface area contributed by atoms with Gasteiger partial charge in [0.2, 0.25) is 10.0 Å². The SMILES string of the molecule is Cc1nn(CC(C)C)c2sc(C(=O)Nc3ccc(Cl)c(S(=O)(=O)N4CCOCC4)c3)cc12. The number of aromatic nitrogens is 2. The van der Waals surface area contributed by atoms with Gasteiger partial charge >= 0.3 is 0 Å². The molecular formula is C21H25ClN4O4S2. The van der Waals surface area contributed by atoms with Crippen molar-refractivity contribution in [2.75, 3.05) is 31.6 Å². The molecule has 0 bridgehead atoms. The van der Waals surface area contributed by atoms with Gasteiger partial charge in [0.05, 0.1) is 28.8 Å². The molecule has 0 radical (unpaired) electrons. The number of ether oxygens (including phenoxy) is 1. The predicted molar refractivity (Wildman–Crippen MR) is 126 cm³/mol. The number of carbonyl (C=O) groups is 1. The Balaban J connectivity index is 1.59. The number of rotatable bonds is 6. The van der Waals surface area contributed by atoms with E-state index in [2.05, 4.69) is 24.3 Å². The second kappa shape index (κ2) is 9.11. The highest BCUT2D eigenvalue weighted by Gasteiger charge is 2.29. The summed E-state index contributed by atoms with van der Waals surface area (Å²) in [6.45, 7) is 8.15. The highest BCUT2D eigenvalue weighted by molar-refractivity contribution is 7.89. The van der Waals surface area contributed by atoms with Crippen LogP contribution in [0.3, 0.4) is 0 Å². The third-order valence-corrected chi connectivity index (χ3v) is 8.67. The fraction of sp³-hybridized carbons (Fsp3) is 0.429. The summed E-state index contributed by atoms with van der Waals surface area (Å²) in [5.41, 5.74) is 1.24. The first kappa shape index (κ1) is 23.2. The molecule has 1 saturated heterocycles. The third kappa shape index (κ3) is 4.55. The Hall–Kier alpha value is -1.98. The smallest absolute Gasteiger partial charge is 0.265 e.